The van der Waals surface area contributed by atoms with Crippen molar-refractivity contribution >= 4 is 16.0 Å². The molecule has 122 valence electrons. The average Bonchev–Trinajstić information content (AvgIpc) is 3.17. The fraction of sp³-hybridized carbons (Fsp3) is 0.214. The zero-order chi connectivity index (χ0) is 16.4. The number of hydrogen-bond acceptors (Lipinski definition) is 6. The van der Waals surface area contributed by atoms with Crippen molar-refractivity contribution in [2.24, 2.45) is 0 Å². The molecule has 1 aromatic heterocycles. The number of hydrogen-bond donors (Lipinski definition) is 2. The topological polar surface area (TPSA) is 115 Å². The van der Waals surface area contributed by atoms with E-state index in [0.717, 1.165) is 6.26 Å². The van der Waals surface area contributed by atoms with Crippen LogP contribution >= 0.6 is 0 Å². The number of benzene rings is 1. The third kappa shape index (κ3) is 3.30. The average molecular weight is 339 g/mol. The summed E-state index contributed by atoms with van der Waals surface area (Å²) >= 11 is 0. The predicted molar refractivity (Wildman–Crippen MR) is 76.7 cm³/mol. The van der Waals surface area contributed by atoms with Gasteiger partial charge in [-0.3, -0.25) is 4.79 Å². The Morgan fingerprint density at radius 1 is 1.26 bits per heavy atom. The summed E-state index contributed by atoms with van der Waals surface area (Å²) in [5.41, 5.74) is 0.608. The van der Waals surface area contributed by atoms with Crippen LogP contribution in [0.5, 0.6) is 11.5 Å². The van der Waals surface area contributed by atoms with Crippen LogP contribution in [0.1, 0.15) is 5.56 Å². The van der Waals surface area contributed by atoms with E-state index in [1.54, 1.807) is 18.2 Å². The lowest BCUT2D eigenvalue weighted by molar-refractivity contribution is -0.138. The molecule has 1 aliphatic heterocycles. The van der Waals surface area contributed by atoms with E-state index in [0.29, 0.717) is 17.1 Å². The Labute approximate surface area is 131 Å². The summed E-state index contributed by atoms with van der Waals surface area (Å²) in [5, 5.41) is 9.28. The highest BCUT2D eigenvalue weighted by molar-refractivity contribution is 7.89. The van der Waals surface area contributed by atoms with Crippen molar-refractivity contribution in [2.75, 3.05) is 6.79 Å². The van der Waals surface area contributed by atoms with Crippen molar-refractivity contribution in [2.45, 2.75) is 17.4 Å². The maximum atomic E-state index is 12.1. The van der Waals surface area contributed by atoms with Gasteiger partial charge in [-0.15, -0.1) is 0 Å². The van der Waals surface area contributed by atoms with Crippen LogP contribution in [0.4, 0.5) is 0 Å². The molecule has 2 N–H and O–H groups in total. The van der Waals surface area contributed by atoms with E-state index < -0.39 is 22.0 Å². The monoisotopic (exact) mass is 339 g/mol. The second kappa shape index (κ2) is 5.94. The smallest absolute Gasteiger partial charge is 0.322 e. The molecule has 0 saturated carbocycles. The van der Waals surface area contributed by atoms with Crippen LogP contribution in [0.15, 0.2) is 46.1 Å². The van der Waals surface area contributed by atoms with Gasteiger partial charge in [0.25, 0.3) is 0 Å². The fourth-order valence-corrected chi connectivity index (χ4v) is 3.25. The molecule has 23 heavy (non-hydrogen) atoms. The Balaban J connectivity index is 1.79. The standard InChI is InChI=1S/C14H13NO7S/c16-14(17)11(15-23(18,19)10-3-4-20-7-10)5-9-1-2-12-13(6-9)22-8-21-12/h1-4,6-7,11,15H,5,8H2,(H,16,17). The number of carboxylic acids is 1. The molecule has 0 spiro atoms. The van der Waals surface area contributed by atoms with Gasteiger partial charge in [-0.1, -0.05) is 6.07 Å². The molecule has 0 amide bonds. The van der Waals surface area contributed by atoms with Gasteiger partial charge in [-0.05, 0) is 30.2 Å². The Hall–Kier alpha value is -2.52. The van der Waals surface area contributed by atoms with E-state index in [-0.39, 0.29) is 18.1 Å². The maximum Gasteiger partial charge on any atom is 0.322 e. The molecule has 1 unspecified atom stereocenters. The molecular weight excluding hydrogens is 326 g/mol. The minimum atomic E-state index is -3.97. The number of furan rings is 1. The lowest BCUT2D eigenvalue weighted by atomic mass is 10.1. The van der Waals surface area contributed by atoms with E-state index in [4.69, 9.17) is 13.9 Å². The Morgan fingerprint density at radius 2 is 2.04 bits per heavy atom. The summed E-state index contributed by atoms with van der Waals surface area (Å²) in [4.78, 5) is 11.2. The largest absolute Gasteiger partial charge is 0.480 e. The number of carbonyl (C=O) groups is 1. The number of fused-ring (bicyclic) bond motifs is 1. The lowest BCUT2D eigenvalue weighted by Gasteiger charge is -2.14. The van der Waals surface area contributed by atoms with E-state index in [1.165, 1.54) is 12.3 Å². The van der Waals surface area contributed by atoms with Gasteiger partial charge >= 0.3 is 5.97 Å². The molecule has 2 heterocycles. The summed E-state index contributed by atoms with van der Waals surface area (Å²) in [7, 11) is -3.97. The van der Waals surface area contributed by atoms with Crippen LogP contribution < -0.4 is 14.2 Å². The fourth-order valence-electron chi connectivity index (χ4n) is 2.14. The lowest BCUT2D eigenvalue weighted by Crippen LogP contribution is -2.42. The van der Waals surface area contributed by atoms with Crippen molar-refractivity contribution < 1.29 is 32.2 Å². The number of rotatable bonds is 6. The second-order valence-electron chi connectivity index (χ2n) is 4.86. The van der Waals surface area contributed by atoms with Crippen LogP contribution in [0.2, 0.25) is 0 Å². The molecule has 0 radical (unpaired) electrons. The minimum absolute atomic E-state index is 0.0386. The highest BCUT2D eigenvalue weighted by Gasteiger charge is 2.27. The van der Waals surface area contributed by atoms with Gasteiger partial charge in [0.2, 0.25) is 16.8 Å². The molecule has 1 atom stereocenters. The summed E-state index contributed by atoms with van der Waals surface area (Å²) in [5.74, 6) is -0.210. The Bertz CT molecular complexity index is 814. The van der Waals surface area contributed by atoms with E-state index in [2.05, 4.69) is 4.72 Å². The van der Waals surface area contributed by atoms with Crippen molar-refractivity contribution in [3.8, 4) is 11.5 Å². The zero-order valence-corrected chi connectivity index (χ0v) is 12.6. The van der Waals surface area contributed by atoms with Gasteiger partial charge in [0, 0.05) is 0 Å². The van der Waals surface area contributed by atoms with Crippen LogP contribution in [0.3, 0.4) is 0 Å². The number of carboxylic acid groups (broad SMARTS) is 1. The van der Waals surface area contributed by atoms with Crippen LogP contribution in [0, 0.1) is 0 Å². The first-order valence-electron chi connectivity index (χ1n) is 6.61. The normalized spacial score (nSPS) is 14.6. The Kier molecular flexibility index (Phi) is 3.97. The molecule has 1 aliphatic rings. The molecule has 1 aromatic carbocycles. The van der Waals surface area contributed by atoms with Crippen molar-refractivity contribution in [1.82, 2.24) is 4.72 Å². The van der Waals surface area contributed by atoms with Crippen LogP contribution in [0.25, 0.3) is 0 Å². The SMILES string of the molecule is O=C(O)C(Cc1ccc2c(c1)OCO2)NS(=O)(=O)c1ccoc1. The number of ether oxygens (including phenoxy) is 2. The van der Waals surface area contributed by atoms with Crippen LogP contribution in [-0.2, 0) is 21.2 Å². The highest BCUT2D eigenvalue weighted by Crippen LogP contribution is 2.32. The van der Waals surface area contributed by atoms with Crippen molar-refractivity contribution in [1.29, 1.82) is 0 Å². The van der Waals surface area contributed by atoms with Gasteiger partial charge < -0.3 is 19.0 Å². The molecule has 9 heteroatoms. The third-order valence-electron chi connectivity index (χ3n) is 3.28. The summed E-state index contributed by atoms with van der Waals surface area (Å²) < 4.78 is 41.5. The predicted octanol–water partition coefficient (Wildman–Crippen LogP) is 0.982. The van der Waals surface area contributed by atoms with Crippen LogP contribution in [-0.4, -0.2) is 32.3 Å². The van der Waals surface area contributed by atoms with E-state index in [9.17, 15) is 18.3 Å². The summed E-state index contributed by atoms with van der Waals surface area (Å²) in [6.45, 7) is 0.105. The molecule has 0 fully saturated rings. The quantitative estimate of drug-likeness (QED) is 0.806. The third-order valence-corrected chi connectivity index (χ3v) is 4.73. The molecule has 2 aromatic rings. The molecular formula is C14H13NO7S. The van der Waals surface area contributed by atoms with Crippen molar-refractivity contribution in [3.05, 3.63) is 42.4 Å². The summed E-state index contributed by atoms with van der Waals surface area (Å²) in [6.07, 6.45) is 2.19. The highest BCUT2D eigenvalue weighted by atomic mass is 32.2. The van der Waals surface area contributed by atoms with E-state index >= 15 is 0 Å². The number of aliphatic carboxylic acids is 1. The van der Waals surface area contributed by atoms with Crippen molar-refractivity contribution in [3.63, 3.8) is 0 Å². The van der Waals surface area contributed by atoms with Gasteiger partial charge in [-0.25, -0.2) is 8.42 Å². The number of sulfonamides is 1. The Morgan fingerprint density at radius 3 is 2.74 bits per heavy atom. The van der Waals surface area contributed by atoms with Gasteiger partial charge in [-0.2, -0.15) is 4.72 Å². The van der Waals surface area contributed by atoms with Gasteiger partial charge in [0.05, 0.1) is 6.26 Å². The van der Waals surface area contributed by atoms with Gasteiger partial charge in [0.1, 0.15) is 17.2 Å². The van der Waals surface area contributed by atoms with Gasteiger partial charge in [0.15, 0.2) is 11.5 Å². The molecule has 0 saturated heterocycles. The first kappa shape index (κ1) is 15.4. The molecule has 8 nitrogen and oxygen atoms in total. The number of nitrogens with one attached hydrogen (secondary N) is 1. The second-order valence-corrected chi connectivity index (χ2v) is 6.58. The molecule has 0 aliphatic carbocycles. The summed E-state index contributed by atoms with van der Waals surface area (Å²) in [6, 6.07) is 4.86. The first-order chi connectivity index (χ1) is 11.0. The zero-order valence-electron chi connectivity index (χ0n) is 11.8. The minimum Gasteiger partial charge on any atom is -0.480 e. The van der Waals surface area contributed by atoms with E-state index in [1.807, 2.05) is 0 Å². The maximum absolute atomic E-state index is 12.1. The molecule has 0 bridgehead atoms. The first-order valence-corrected chi connectivity index (χ1v) is 8.10. The molecule has 3 rings (SSSR count).